The monoisotopic (exact) mass is 130 g/mol. The molecular weight excluding hydrogens is 116 g/mol. The van der Waals surface area contributed by atoms with Crippen molar-refractivity contribution in [2.75, 3.05) is 13.7 Å². The molecule has 0 bridgehead atoms. The van der Waals surface area contributed by atoms with Gasteiger partial charge in [0, 0.05) is 19.6 Å². The van der Waals surface area contributed by atoms with Gasteiger partial charge in [-0.2, -0.15) is 0 Å². The molecule has 54 valence electrons. The molecule has 0 aliphatic heterocycles. The second-order valence-corrected chi connectivity index (χ2v) is 2.10. The molecule has 0 aromatic carbocycles. The molecule has 2 heteroatoms. The summed E-state index contributed by atoms with van der Waals surface area (Å²) in [5, 5.41) is 8.64. The zero-order valence-electron chi connectivity index (χ0n) is 6.00. The molecule has 0 aromatic heterocycles. The van der Waals surface area contributed by atoms with Crippen molar-refractivity contribution in [2.45, 2.75) is 13.0 Å². The van der Waals surface area contributed by atoms with E-state index in [4.69, 9.17) is 9.84 Å². The smallest absolute Gasteiger partial charge is 0.0796 e. The lowest BCUT2D eigenvalue weighted by molar-refractivity contribution is 0.0669. The Hall–Kier alpha value is -0.340. The van der Waals surface area contributed by atoms with Gasteiger partial charge in [-0.25, -0.2) is 0 Å². The van der Waals surface area contributed by atoms with E-state index >= 15 is 0 Å². The van der Waals surface area contributed by atoms with Crippen LogP contribution in [0.5, 0.6) is 0 Å². The fourth-order valence-corrected chi connectivity index (χ4v) is 0.665. The number of ether oxygens (including phenoxy) is 1. The van der Waals surface area contributed by atoms with Crippen LogP contribution in [-0.2, 0) is 4.74 Å². The molecule has 2 nitrogen and oxygen atoms in total. The van der Waals surface area contributed by atoms with E-state index < -0.39 is 0 Å². The predicted octanol–water partition coefficient (Wildman–Crippen LogP) is 0.816. The van der Waals surface area contributed by atoms with E-state index in [-0.39, 0.29) is 18.6 Å². The number of hydrogen-bond donors (Lipinski definition) is 1. The van der Waals surface area contributed by atoms with Crippen LogP contribution in [0.15, 0.2) is 12.7 Å². The lowest BCUT2D eigenvalue weighted by Gasteiger charge is -2.15. The Kier molecular flexibility index (Phi) is 4.36. The summed E-state index contributed by atoms with van der Waals surface area (Å²) in [6, 6.07) is 0. The fraction of sp³-hybridized carbons (Fsp3) is 0.714. The van der Waals surface area contributed by atoms with E-state index in [0.717, 1.165) is 0 Å². The number of methoxy groups -OCH3 is 1. The maximum atomic E-state index is 8.64. The highest BCUT2D eigenvalue weighted by Gasteiger charge is 2.10. The molecular formula is C7H14O2. The Labute approximate surface area is 56.1 Å². The molecule has 2 atom stereocenters. The molecule has 1 N–H and O–H groups in total. The number of aliphatic hydroxyl groups excluding tert-OH is 1. The van der Waals surface area contributed by atoms with Gasteiger partial charge in [0.25, 0.3) is 0 Å². The van der Waals surface area contributed by atoms with E-state index in [1.807, 2.05) is 6.92 Å². The van der Waals surface area contributed by atoms with Gasteiger partial charge in [0.05, 0.1) is 6.10 Å². The van der Waals surface area contributed by atoms with Crippen molar-refractivity contribution < 1.29 is 9.84 Å². The van der Waals surface area contributed by atoms with E-state index in [9.17, 15) is 0 Å². The van der Waals surface area contributed by atoms with Crippen LogP contribution < -0.4 is 0 Å². The first-order valence-electron chi connectivity index (χ1n) is 3.02. The fourth-order valence-electron chi connectivity index (χ4n) is 0.665. The minimum absolute atomic E-state index is 0.0185. The van der Waals surface area contributed by atoms with Gasteiger partial charge in [-0.05, 0) is 0 Å². The van der Waals surface area contributed by atoms with Gasteiger partial charge in [0.1, 0.15) is 0 Å². The molecule has 0 unspecified atom stereocenters. The first-order valence-corrected chi connectivity index (χ1v) is 3.02. The van der Waals surface area contributed by atoms with Gasteiger partial charge in [-0.1, -0.05) is 13.0 Å². The van der Waals surface area contributed by atoms with E-state index in [0.29, 0.717) is 0 Å². The molecule has 0 saturated carbocycles. The number of hydrogen-bond acceptors (Lipinski definition) is 2. The average molecular weight is 130 g/mol. The predicted molar refractivity (Wildman–Crippen MR) is 37.2 cm³/mol. The van der Waals surface area contributed by atoms with Crippen molar-refractivity contribution in [2.24, 2.45) is 5.92 Å². The van der Waals surface area contributed by atoms with E-state index in [2.05, 4.69) is 6.58 Å². The van der Waals surface area contributed by atoms with Gasteiger partial charge in [0.2, 0.25) is 0 Å². The Balaban J connectivity index is 3.63. The summed E-state index contributed by atoms with van der Waals surface area (Å²) in [5.74, 6) is 0.146. The van der Waals surface area contributed by atoms with Crippen molar-refractivity contribution in [1.82, 2.24) is 0 Å². The van der Waals surface area contributed by atoms with Gasteiger partial charge < -0.3 is 9.84 Å². The highest BCUT2D eigenvalue weighted by molar-refractivity contribution is 4.83. The zero-order valence-corrected chi connectivity index (χ0v) is 6.00. The van der Waals surface area contributed by atoms with Crippen LogP contribution in [0.4, 0.5) is 0 Å². The summed E-state index contributed by atoms with van der Waals surface area (Å²) in [4.78, 5) is 0. The summed E-state index contributed by atoms with van der Waals surface area (Å²) in [5.41, 5.74) is 0. The summed E-state index contributed by atoms with van der Waals surface area (Å²) in [7, 11) is 1.61. The average Bonchev–Trinajstić information content (AvgIpc) is 1.90. The third-order valence-electron chi connectivity index (χ3n) is 1.35. The largest absolute Gasteiger partial charge is 0.396 e. The molecule has 9 heavy (non-hydrogen) atoms. The first-order chi connectivity index (χ1) is 4.26. The van der Waals surface area contributed by atoms with Gasteiger partial charge in [-0.3, -0.25) is 0 Å². The summed E-state index contributed by atoms with van der Waals surface area (Å²) in [6.45, 7) is 5.62. The Morgan fingerprint density at radius 3 is 2.44 bits per heavy atom. The molecule has 0 aliphatic rings. The summed E-state index contributed by atoms with van der Waals surface area (Å²) >= 11 is 0. The third kappa shape index (κ3) is 2.63. The second kappa shape index (κ2) is 4.53. The van der Waals surface area contributed by atoms with Gasteiger partial charge in [0.15, 0.2) is 0 Å². The molecule has 0 rings (SSSR count). The minimum atomic E-state index is -0.0185. The second-order valence-electron chi connectivity index (χ2n) is 2.10. The molecule has 0 radical (unpaired) electrons. The topological polar surface area (TPSA) is 29.5 Å². The van der Waals surface area contributed by atoms with Gasteiger partial charge >= 0.3 is 0 Å². The minimum Gasteiger partial charge on any atom is -0.396 e. The van der Waals surface area contributed by atoms with Crippen molar-refractivity contribution in [3.63, 3.8) is 0 Å². The lowest BCUT2D eigenvalue weighted by atomic mass is 10.1. The standard InChI is InChI=1S/C7H14O2/c1-4-7(9-3)6(2)5-8/h4,6-8H,1,5H2,2-3H3/t6-,7+/m1/s1. The van der Waals surface area contributed by atoms with Crippen LogP contribution in [0.25, 0.3) is 0 Å². The highest BCUT2D eigenvalue weighted by atomic mass is 16.5. The van der Waals surface area contributed by atoms with Crippen molar-refractivity contribution in [3.05, 3.63) is 12.7 Å². The van der Waals surface area contributed by atoms with Crippen LogP contribution in [-0.4, -0.2) is 24.9 Å². The maximum Gasteiger partial charge on any atom is 0.0796 e. The molecule has 0 spiro atoms. The third-order valence-corrected chi connectivity index (χ3v) is 1.35. The zero-order chi connectivity index (χ0) is 7.28. The maximum absolute atomic E-state index is 8.64. The molecule has 0 saturated heterocycles. The first kappa shape index (κ1) is 8.66. The Morgan fingerprint density at radius 1 is 1.78 bits per heavy atom. The van der Waals surface area contributed by atoms with E-state index in [1.165, 1.54) is 0 Å². The highest BCUT2D eigenvalue weighted by Crippen LogP contribution is 2.05. The van der Waals surface area contributed by atoms with Crippen molar-refractivity contribution in [3.8, 4) is 0 Å². The van der Waals surface area contributed by atoms with Crippen LogP contribution in [0.1, 0.15) is 6.92 Å². The number of aliphatic hydroxyl groups is 1. The molecule has 0 fully saturated rings. The van der Waals surface area contributed by atoms with Crippen LogP contribution >= 0.6 is 0 Å². The van der Waals surface area contributed by atoms with Crippen molar-refractivity contribution in [1.29, 1.82) is 0 Å². The quantitative estimate of drug-likeness (QED) is 0.571. The summed E-state index contributed by atoms with van der Waals surface area (Å²) in [6.07, 6.45) is 1.68. The molecule has 0 amide bonds. The number of rotatable bonds is 4. The molecule has 0 aliphatic carbocycles. The van der Waals surface area contributed by atoms with E-state index in [1.54, 1.807) is 13.2 Å². The Morgan fingerprint density at radius 2 is 2.33 bits per heavy atom. The SMILES string of the molecule is C=C[C@H](OC)[C@H](C)CO. The van der Waals surface area contributed by atoms with Crippen molar-refractivity contribution >= 4 is 0 Å². The Bertz CT molecular complexity index is 81.0. The van der Waals surface area contributed by atoms with Crippen LogP contribution in [0, 0.1) is 5.92 Å². The van der Waals surface area contributed by atoms with Crippen LogP contribution in [0.3, 0.4) is 0 Å². The van der Waals surface area contributed by atoms with Gasteiger partial charge in [-0.15, -0.1) is 6.58 Å². The lowest BCUT2D eigenvalue weighted by Crippen LogP contribution is -2.20. The molecule has 0 aromatic rings. The summed E-state index contributed by atoms with van der Waals surface area (Å²) < 4.78 is 4.97. The normalized spacial score (nSPS) is 16.8. The molecule has 0 heterocycles. The van der Waals surface area contributed by atoms with Crippen LogP contribution in [0.2, 0.25) is 0 Å².